The zero-order valence-electron chi connectivity index (χ0n) is 11.0. The molecule has 5 nitrogen and oxygen atoms in total. The molecule has 0 atom stereocenters. The molecule has 0 spiro atoms. The Kier molecular flexibility index (Phi) is 4.07. The lowest BCUT2D eigenvalue weighted by Gasteiger charge is -2.08. The van der Waals surface area contributed by atoms with Gasteiger partial charge in [0.05, 0.1) is 0 Å². The van der Waals surface area contributed by atoms with Crippen LogP contribution in [0.4, 0.5) is 5.82 Å². The molecule has 0 saturated heterocycles. The minimum Gasteiger partial charge on any atom is -0.373 e. The van der Waals surface area contributed by atoms with Crippen LogP contribution >= 0.6 is 0 Å². The van der Waals surface area contributed by atoms with Gasteiger partial charge in [0.2, 0.25) is 0 Å². The molecule has 0 aliphatic carbocycles. The Morgan fingerprint density at radius 2 is 2.00 bits per heavy atom. The molecule has 2 aromatic heterocycles. The third kappa shape index (κ3) is 3.51. The Labute approximate surface area is 112 Å². The van der Waals surface area contributed by atoms with Crippen LogP contribution in [0.2, 0.25) is 0 Å². The van der Waals surface area contributed by atoms with E-state index in [0.29, 0.717) is 17.9 Å². The Morgan fingerprint density at radius 1 is 1.26 bits per heavy atom. The molecule has 1 amide bonds. The maximum Gasteiger partial charge on any atom is 0.251 e. The van der Waals surface area contributed by atoms with Crippen LogP contribution in [0.15, 0.2) is 36.7 Å². The summed E-state index contributed by atoms with van der Waals surface area (Å²) in [4.78, 5) is 20.2. The third-order valence-electron chi connectivity index (χ3n) is 2.67. The average Bonchev–Trinajstić information content (AvgIpc) is 2.45. The number of aryl methyl sites for hydroxylation is 1. The van der Waals surface area contributed by atoms with Gasteiger partial charge in [0.15, 0.2) is 0 Å². The molecule has 0 saturated carbocycles. The lowest BCUT2D eigenvalue weighted by atomic mass is 10.2. The minimum absolute atomic E-state index is 0.112. The van der Waals surface area contributed by atoms with Crippen LogP contribution in [-0.2, 0) is 6.54 Å². The van der Waals surface area contributed by atoms with E-state index < -0.39 is 0 Å². The summed E-state index contributed by atoms with van der Waals surface area (Å²) in [5, 5.41) is 5.81. The number of nitrogens with zero attached hydrogens (tertiary/aromatic N) is 2. The number of aromatic nitrogens is 2. The predicted octanol–water partition coefficient (Wildman–Crippen LogP) is 1.76. The molecular formula is C14H16N4O. The van der Waals surface area contributed by atoms with Gasteiger partial charge in [0.25, 0.3) is 5.91 Å². The van der Waals surface area contributed by atoms with Crippen LogP contribution in [0.25, 0.3) is 0 Å². The maximum absolute atomic E-state index is 12.1. The molecular weight excluding hydrogens is 240 g/mol. The molecule has 0 aliphatic heterocycles. The van der Waals surface area contributed by atoms with Crippen molar-refractivity contribution in [3.63, 3.8) is 0 Å². The second-order valence-electron chi connectivity index (χ2n) is 4.17. The number of hydrogen-bond acceptors (Lipinski definition) is 4. The van der Waals surface area contributed by atoms with Gasteiger partial charge in [-0.2, -0.15) is 0 Å². The van der Waals surface area contributed by atoms with Crippen molar-refractivity contribution in [1.82, 2.24) is 15.3 Å². The Balaban J connectivity index is 2.06. The highest BCUT2D eigenvalue weighted by Gasteiger charge is 2.07. The summed E-state index contributed by atoms with van der Waals surface area (Å²) >= 11 is 0. The molecule has 0 aliphatic rings. The Hall–Kier alpha value is -2.43. The molecule has 0 unspecified atom stereocenters. The van der Waals surface area contributed by atoms with Gasteiger partial charge in [0, 0.05) is 37.2 Å². The molecule has 0 radical (unpaired) electrons. The van der Waals surface area contributed by atoms with E-state index in [1.54, 1.807) is 31.6 Å². The lowest BCUT2D eigenvalue weighted by Crippen LogP contribution is -2.23. The number of hydrogen-bond donors (Lipinski definition) is 2. The number of amides is 1. The first-order valence-corrected chi connectivity index (χ1v) is 6.02. The van der Waals surface area contributed by atoms with Gasteiger partial charge in [-0.3, -0.25) is 9.78 Å². The third-order valence-corrected chi connectivity index (χ3v) is 2.67. The van der Waals surface area contributed by atoms with Gasteiger partial charge in [-0.1, -0.05) is 0 Å². The van der Waals surface area contributed by atoms with Crippen LogP contribution in [-0.4, -0.2) is 22.9 Å². The zero-order chi connectivity index (χ0) is 13.7. The second kappa shape index (κ2) is 5.95. The van der Waals surface area contributed by atoms with Crippen LogP contribution in [0.3, 0.4) is 0 Å². The minimum atomic E-state index is -0.112. The molecule has 19 heavy (non-hydrogen) atoms. The molecule has 5 heteroatoms. The Bertz CT molecular complexity index is 569. The first kappa shape index (κ1) is 13.0. The summed E-state index contributed by atoms with van der Waals surface area (Å²) in [6.07, 6.45) is 3.41. The molecule has 2 aromatic rings. The van der Waals surface area contributed by atoms with Crippen molar-refractivity contribution in [2.45, 2.75) is 13.5 Å². The number of pyridine rings is 2. The number of nitrogens with one attached hydrogen (secondary N) is 2. The molecule has 2 heterocycles. The fourth-order valence-corrected chi connectivity index (χ4v) is 1.71. The maximum atomic E-state index is 12.1. The van der Waals surface area contributed by atoms with Crippen molar-refractivity contribution < 1.29 is 4.79 Å². The molecule has 0 bridgehead atoms. The van der Waals surface area contributed by atoms with Gasteiger partial charge >= 0.3 is 0 Å². The van der Waals surface area contributed by atoms with Crippen molar-refractivity contribution in [1.29, 1.82) is 0 Å². The van der Waals surface area contributed by atoms with Crippen molar-refractivity contribution >= 4 is 11.7 Å². The highest BCUT2D eigenvalue weighted by Crippen LogP contribution is 2.09. The fraction of sp³-hybridized carbons (Fsp3) is 0.214. The van der Waals surface area contributed by atoms with Crippen LogP contribution in [0.1, 0.15) is 21.6 Å². The molecule has 2 rings (SSSR count). The summed E-state index contributed by atoms with van der Waals surface area (Å²) in [6.45, 7) is 2.35. The lowest BCUT2D eigenvalue weighted by molar-refractivity contribution is 0.0950. The first-order chi connectivity index (χ1) is 9.19. The van der Waals surface area contributed by atoms with Crippen LogP contribution in [0, 0.1) is 6.92 Å². The summed E-state index contributed by atoms with van der Waals surface area (Å²) < 4.78 is 0. The monoisotopic (exact) mass is 256 g/mol. The SMILES string of the molecule is CNc1cc(C(=O)NCc2ccncc2)cc(C)n1. The van der Waals surface area contributed by atoms with Gasteiger partial charge in [-0.05, 0) is 36.8 Å². The zero-order valence-corrected chi connectivity index (χ0v) is 11.0. The van der Waals surface area contributed by atoms with E-state index in [4.69, 9.17) is 0 Å². The second-order valence-corrected chi connectivity index (χ2v) is 4.17. The highest BCUT2D eigenvalue weighted by atomic mass is 16.1. The van der Waals surface area contributed by atoms with Crippen molar-refractivity contribution in [2.24, 2.45) is 0 Å². The molecule has 2 N–H and O–H groups in total. The predicted molar refractivity (Wildman–Crippen MR) is 73.9 cm³/mol. The van der Waals surface area contributed by atoms with Gasteiger partial charge in [-0.25, -0.2) is 4.98 Å². The van der Waals surface area contributed by atoms with E-state index in [0.717, 1.165) is 11.3 Å². The van der Waals surface area contributed by atoms with Crippen molar-refractivity contribution in [3.8, 4) is 0 Å². The largest absolute Gasteiger partial charge is 0.373 e. The summed E-state index contributed by atoms with van der Waals surface area (Å²) in [5.74, 6) is 0.577. The van der Waals surface area contributed by atoms with Crippen LogP contribution < -0.4 is 10.6 Å². The van der Waals surface area contributed by atoms with Gasteiger partial charge < -0.3 is 10.6 Å². The molecule has 0 fully saturated rings. The van der Waals surface area contributed by atoms with E-state index >= 15 is 0 Å². The van der Waals surface area contributed by atoms with E-state index in [9.17, 15) is 4.79 Å². The summed E-state index contributed by atoms with van der Waals surface area (Å²) in [7, 11) is 1.78. The number of anilines is 1. The number of carbonyl (C=O) groups is 1. The fourth-order valence-electron chi connectivity index (χ4n) is 1.71. The first-order valence-electron chi connectivity index (χ1n) is 6.02. The smallest absolute Gasteiger partial charge is 0.251 e. The highest BCUT2D eigenvalue weighted by molar-refractivity contribution is 5.94. The molecule has 98 valence electrons. The van der Waals surface area contributed by atoms with Gasteiger partial charge in [-0.15, -0.1) is 0 Å². The number of carbonyl (C=O) groups excluding carboxylic acids is 1. The van der Waals surface area contributed by atoms with Crippen molar-refractivity contribution in [2.75, 3.05) is 12.4 Å². The van der Waals surface area contributed by atoms with E-state index in [-0.39, 0.29) is 5.91 Å². The van der Waals surface area contributed by atoms with E-state index in [1.165, 1.54) is 0 Å². The van der Waals surface area contributed by atoms with Gasteiger partial charge in [0.1, 0.15) is 5.82 Å². The van der Waals surface area contributed by atoms with E-state index in [1.807, 2.05) is 19.1 Å². The quantitative estimate of drug-likeness (QED) is 0.874. The molecule has 0 aromatic carbocycles. The van der Waals surface area contributed by atoms with Crippen molar-refractivity contribution in [3.05, 3.63) is 53.5 Å². The normalized spacial score (nSPS) is 10.0. The standard InChI is InChI=1S/C14H16N4O/c1-10-7-12(8-13(15-2)18-10)14(19)17-9-11-3-5-16-6-4-11/h3-8H,9H2,1-2H3,(H,15,18)(H,17,19). The summed E-state index contributed by atoms with van der Waals surface area (Å²) in [5.41, 5.74) is 2.43. The van der Waals surface area contributed by atoms with E-state index in [2.05, 4.69) is 20.6 Å². The topological polar surface area (TPSA) is 66.9 Å². The van der Waals surface area contributed by atoms with Crippen LogP contribution in [0.5, 0.6) is 0 Å². The number of rotatable bonds is 4. The summed E-state index contributed by atoms with van der Waals surface area (Å²) in [6, 6.07) is 7.24. The Morgan fingerprint density at radius 3 is 2.68 bits per heavy atom. The average molecular weight is 256 g/mol.